The Balaban J connectivity index is 1.66. The molecule has 0 unspecified atom stereocenters. The first kappa shape index (κ1) is 23.0. The van der Waals surface area contributed by atoms with Crippen LogP contribution in [0.4, 0.5) is 11.4 Å². The standard InChI is InChI=1S/C24H30N6O2S/c1-3-33(31,32)30-10-7-19(8-11-30)29-23-14-18(12-17-6-9-28-15-21(17)23)16-4-5-22(27-2)20(13-16)24(25)26/h4-6,9,12-15,19,27,29H,3,7-8,10-11H2,1-2H3,(H3,25,26). The third-order valence-corrected chi connectivity index (χ3v) is 8.12. The molecule has 2 heterocycles. The highest BCUT2D eigenvalue weighted by atomic mass is 32.2. The molecule has 1 aliphatic rings. The van der Waals surface area contributed by atoms with Crippen molar-refractivity contribution in [2.75, 3.05) is 36.5 Å². The Kier molecular flexibility index (Phi) is 6.53. The predicted octanol–water partition coefficient (Wildman–Crippen LogP) is 3.45. The molecule has 8 nitrogen and oxygen atoms in total. The Labute approximate surface area is 194 Å². The van der Waals surface area contributed by atoms with E-state index in [2.05, 4.69) is 27.8 Å². The van der Waals surface area contributed by atoms with Crippen LogP contribution in [0.25, 0.3) is 21.9 Å². The number of pyridine rings is 1. The minimum Gasteiger partial charge on any atom is -0.388 e. The molecule has 0 spiro atoms. The number of nitrogen functional groups attached to an aromatic ring is 1. The molecule has 3 aromatic rings. The lowest BCUT2D eigenvalue weighted by Crippen LogP contribution is -2.42. The first-order valence-electron chi connectivity index (χ1n) is 11.1. The molecule has 5 N–H and O–H groups in total. The van der Waals surface area contributed by atoms with E-state index in [0.29, 0.717) is 18.7 Å². The SMILES string of the molecule is CCS(=O)(=O)N1CCC(Nc2cc(-c3ccc(NC)c(C(=N)N)c3)cc3ccncc23)CC1. The van der Waals surface area contributed by atoms with E-state index in [1.54, 1.807) is 17.4 Å². The summed E-state index contributed by atoms with van der Waals surface area (Å²) in [6.07, 6.45) is 5.12. The number of benzene rings is 2. The summed E-state index contributed by atoms with van der Waals surface area (Å²) in [5, 5.41) is 16.7. The van der Waals surface area contributed by atoms with Crippen molar-refractivity contribution < 1.29 is 8.42 Å². The van der Waals surface area contributed by atoms with E-state index in [1.165, 1.54) is 0 Å². The zero-order chi connectivity index (χ0) is 23.6. The Morgan fingerprint density at radius 2 is 1.91 bits per heavy atom. The normalized spacial score (nSPS) is 15.5. The van der Waals surface area contributed by atoms with Gasteiger partial charge in [0.05, 0.1) is 5.75 Å². The number of amidine groups is 1. The smallest absolute Gasteiger partial charge is 0.213 e. The second kappa shape index (κ2) is 9.36. The number of piperidine rings is 1. The second-order valence-corrected chi connectivity index (χ2v) is 10.5. The first-order valence-corrected chi connectivity index (χ1v) is 12.7. The molecule has 9 heteroatoms. The van der Waals surface area contributed by atoms with E-state index in [0.717, 1.165) is 46.1 Å². The summed E-state index contributed by atoms with van der Waals surface area (Å²) >= 11 is 0. The summed E-state index contributed by atoms with van der Waals surface area (Å²) < 4.78 is 26.0. The summed E-state index contributed by atoms with van der Waals surface area (Å²) in [5.74, 6) is 0.149. The lowest BCUT2D eigenvalue weighted by atomic mass is 9.97. The van der Waals surface area contributed by atoms with Gasteiger partial charge in [0.15, 0.2) is 0 Å². The molecule has 1 fully saturated rings. The van der Waals surface area contributed by atoms with Crippen LogP contribution in [0.5, 0.6) is 0 Å². The molecule has 0 atom stereocenters. The van der Waals surface area contributed by atoms with Crippen LogP contribution < -0.4 is 16.4 Å². The van der Waals surface area contributed by atoms with E-state index in [9.17, 15) is 8.42 Å². The van der Waals surface area contributed by atoms with Crippen molar-refractivity contribution in [3.63, 3.8) is 0 Å². The maximum Gasteiger partial charge on any atom is 0.213 e. The molecule has 1 aliphatic heterocycles. The monoisotopic (exact) mass is 466 g/mol. The Morgan fingerprint density at radius 1 is 1.15 bits per heavy atom. The summed E-state index contributed by atoms with van der Waals surface area (Å²) in [4.78, 5) is 4.30. The molecule has 0 radical (unpaired) electrons. The second-order valence-electron chi connectivity index (χ2n) is 8.26. The van der Waals surface area contributed by atoms with Crippen molar-refractivity contribution in [2.24, 2.45) is 5.73 Å². The molecule has 4 rings (SSSR count). The third-order valence-electron chi connectivity index (χ3n) is 6.24. The largest absolute Gasteiger partial charge is 0.388 e. The van der Waals surface area contributed by atoms with Gasteiger partial charge in [0, 0.05) is 60.9 Å². The number of hydrogen-bond acceptors (Lipinski definition) is 6. The van der Waals surface area contributed by atoms with Crippen LogP contribution in [0.1, 0.15) is 25.3 Å². The molecule has 0 amide bonds. The molecule has 0 aliphatic carbocycles. The number of sulfonamides is 1. The highest BCUT2D eigenvalue weighted by Gasteiger charge is 2.27. The fraction of sp³-hybridized carbons (Fsp3) is 0.333. The van der Waals surface area contributed by atoms with Crippen LogP contribution in [-0.4, -0.2) is 55.5 Å². The summed E-state index contributed by atoms with van der Waals surface area (Å²) in [6, 6.07) is 12.2. The number of rotatable bonds is 7. The summed E-state index contributed by atoms with van der Waals surface area (Å²) in [5.41, 5.74) is 10.2. The number of aromatic nitrogens is 1. The molecule has 1 aromatic heterocycles. The third kappa shape index (κ3) is 4.79. The first-order chi connectivity index (χ1) is 15.8. The van der Waals surface area contributed by atoms with Crippen molar-refractivity contribution in [3.8, 4) is 11.1 Å². The molecule has 174 valence electrons. The number of nitrogens with zero attached hydrogens (tertiary/aromatic N) is 2. The Hall–Kier alpha value is -3.17. The Bertz CT molecular complexity index is 1280. The van der Waals surface area contributed by atoms with Gasteiger partial charge in [0.1, 0.15) is 5.84 Å². The van der Waals surface area contributed by atoms with Crippen molar-refractivity contribution in [1.82, 2.24) is 9.29 Å². The highest BCUT2D eigenvalue weighted by molar-refractivity contribution is 7.89. The number of hydrogen-bond donors (Lipinski definition) is 4. The number of nitrogens with two attached hydrogens (primary N) is 1. The van der Waals surface area contributed by atoms with Crippen LogP contribution >= 0.6 is 0 Å². The van der Waals surface area contributed by atoms with E-state index in [1.807, 2.05) is 37.5 Å². The van der Waals surface area contributed by atoms with Gasteiger partial charge >= 0.3 is 0 Å². The van der Waals surface area contributed by atoms with Gasteiger partial charge in [-0.3, -0.25) is 10.4 Å². The highest BCUT2D eigenvalue weighted by Crippen LogP contribution is 2.33. The minimum atomic E-state index is -3.15. The van der Waals surface area contributed by atoms with Crippen LogP contribution in [0.3, 0.4) is 0 Å². The zero-order valence-electron chi connectivity index (χ0n) is 18.9. The van der Waals surface area contributed by atoms with Crippen molar-refractivity contribution in [3.05, 3.63) is 54.4 Å². The van der Waals surface area contributed by atoms with Gasteiger partial charge in [-0.05, 0) is 66.6 Å². The zero-order valence-corrected chi connectivity index (χ0v) is 19.7. The van der Waals surface area contributed by atoms with Gasteiger partial charge in [0.25, 0.3) is 0 Å². The fourth-order valence-corrected chi connectivity index (χ4v) is 5.46. The van der Waals surface area contributed by atoms with E-state index < -0.39 is 10.0 Å². The lowest BCUT2D eigenvalue weighted by Gasteiger charge is -2.32. The van der Waals surface area contributed by atoms with Gasteiger partial charge in [0.2, 0.25) is 10.0 Å². The number of nitrogens with one attached hydrogen (secondary N) is 3. The number of fused-ring (bicyclic) bond motifs is 1. The molecule has 2 aromatic carbocycles. The molecule has 1 saturated heterocycles. The fourth-order valence-electron chi connectivity index (χ4n) is 4.33. The van der Waals surface area contributed by atoms with E-state index in [4.69, 9.17) is 11.1 Å². The maximum absolute atomic E-state index is 12.2. The minimum absolute atomic E-state index is 0.0123. The van der Waals surface area contributed by atoms with Gasteiger partial charge in [-0.2, -0.15) is 0 Å². The van der Waals surface area contributed by atoms with Gasteiger partial charge in [-0.15, -0.1) is 0 Å². The summed E-state index contributed by atoms with van der Waals surface area (Å²) in [6.45, 7) is 2.74. The molecule has 0 bridgehead atoms. The van der Waals surface area contributed by atoms with Crippen molar-refractivity contribution in [2.45, 2.75) is 25.8 Å². The maximum atomic E-state index is 12.2. The number of anilines is 2. The van der Waals surface area contributed by atoms with E-state index in [-0.39, 0.29) is 17.6 Å². The molecular formula is C24H30N6O2S. The van der Waals surface area contributed by atoms with Crippen molar-refractivity contribution in [1.29, 1.82) is 5.41 Å². The van der Waals surface area contributed by atoms with Gasteiger partial charge in [-0.1, -0.05) is 6.07 Å². The van der Waals surface area contributed by atoms with Crippen molar-refractivity contribution >= 4 is 38.0 Å². The van der Waals surface area contributed by atoms with Crippen LogP contribution in [0.15, 0.2) is 48.8 Å². The van der Waals surface area contributed by atoms with E-state index >= 15 is 0 Å². The van der Waals surface area contributed by atoms with Crippen LogP contribution in [-0.2, 0) is 10.0 Å². The Morgan fingerprint density at radius 3 is 2.58 bits per heavy atom. The van der Waals surface area contributed by atoms with Crippen LogP contribution in [0, 0.1) is 5.41 Å². The quantitative estimate of drug-likeness (QED) is 0.312. The topological polar surface area (TPSA) is 124 Å². The summed E-state index contributed by atoms with van der Waals surface area (Å²) in [7, 11) is -1.34. The molecular weight excluding hydrogens is 436 g/mol. The molecule has 0 saturated carbocycles. The van der Waals surface area contributed by atoms with Gasteiger partial charge < -0.3 is 16.4 Å². The van der Waals surface area contributed by atoms with Crippen LogP contribution in [0.2, 0.25) is 0 Å². The lowest BCUT2D eigenvalue weighted by molar-refractivity contribution is 0.330. The molecule has 33 heavy (non-hydrogen) atoms. The average molecular weight is 467 g/mol. The van der Waals surface area contributed by atoms with Gasteiger partial charge in [-0.25, -0.2) is 12.7 Å². The average Bonchev–Trinajstić information content (AvgIpc) is 2.83. The predicted molar refractivity (Wildman–Crippen MR) is 135 cm³/mol.